The van der Waals surface area contributed by atoms with Gasteiger partial charge in [-0.2, -0.15) is 0 Å². The summed E-state index contributed by atoms with van der Waals surface area (Å²) in [6.45, 7) is 0.639. The first-order valence-electron chi connectivity index (χ1n) is 4.20. The highest BCUT2D eigenvalue weighted by molar-refractivity contribution is 7.14. The lowest BCUT2D eigenvalue weighted by molar-refractivity contribution is 0.0692. The second kappa shape index (κ2) is 4.41. The molecule has 0 aromatic carbocycles. The predicted molar refractivity (Wildman–Crippen MR) is 60.7 cm³/mol. The average Bonchev–Trinajstić information content (AvgIpc) is 2.86. The Morgan fingerprint density at radius 3 is 3.07 bits per heavy atom. The lowest BCUT2D eigenvalue weighted by Gasteiger charge is -2.01. The molecule has 78 valence electrons. The number of aromatic carboxylic acids is 1. The minimum Gasteiger partial charge on any atom is -0.476 e. The summed E-state index contributed by atoms with van der Waals surface area (Å²) in [4.78, 5) is 15.7. The number of carbonyl (C=O) groups is 1. The van der Waals surface area contributed by atoms with Gasteiger partial charge in [-0.1, -0.05) is 6.07 Å². The number of hydrogen-bond acceptors (Lipinski definition) is 5. The Kier molecular flexibility index (Phi) is 2.98. The van der Waals surface area contributed by atoms with Gasteiger partial charge in [0, 0.05) is 4.88 Å². The van der Waals surface area contributed by atoms with Crippen LogP contribution in [0.15, 0.2) is 23.0 Å². The highest BCUT2D eigenvalue weighted by Crippen LogP contribution is 2.21. The van der Waals surface area contributed by atoms with Gasteiger partial charge in [0.25, 0.3) is 0 Å². The third-order valence-electron chi connectivity index (χ3n) is 1.77. The zero-order valence-corrected chi connectivity index (χ0v) is 9.27. The van der Waals surface area contributed by atoms with Crippen LogP contribution in [0.2, 0.25) is 0 Å². The van der Waals surface area contributed by atoms with Gasteiger partial charge in [0.1, 0.15) is 5.00 Å². The normalized spacial score (nSPS) is 10.1. The number of rotatable bonds is 4. The summed E-state index contributed by atoms with van der Waals surface area (Å²) in [6, 6.07) is 3.96. The maximum Gasteiger partial charge on any atom is 0.357 e. The number of anilines is 1. The van der Waals surface area contributed by atoms with Crippen molar-refractivity contribution in [2.45, 2.75) is 6.54 Å². The molecule has 6 heteroatoms. The molecule has 2 aromatic rings. The number of aromatic nitrogens is 1. The van der Waals surface area contributed by atoms with E-state index in [-0.39, 0.29) is 5.69 Å². The molecule has 2 heterocycles. The zero-order chi connectivity index (χ0) is 10.7. The van der Waals surface area contributed by atoms with Crippen LogP contribution in [0.3, 0.4) is 0 Å². The number of nitrogens with zero attached hydrogens (tertiary/aromatic N) is 1. The molecule has 0 unspecified atom stereocenters. The summed E-state index contributed by atoms with van der Waals surface area (Å²) >= 11 is 2.93. The predicted octanol–water partition coefficient (Wildman–Crippen LogP) is 2.51. The monoisotopic (exact) mass is 240 g/mol. The molecule has 0 amide bonds. The fraction of sp³-hybridized carbons (Fsp3) is 0.111. The maximum atomic E-state index is 10.8. The van der Waals surface area contributed by atoms with Gasteiger partial charge in [0.2, 0.25) is 0 Å². The van der Waals surface area contributed by atoms with Crippen LogP contribution < -0.4 is 5.32 Å². The topological polar surface area (TPSA) is 62.2 Å². The van der Waals surface area contributed by atoms with E-state index >= 15 is 0 Å². The van der Waals surface area contributed by atoms with Gasteiger partial charge >= 0.3 is 5.97 Å². The number of thiazole rings is 1. The maximum absolute atomic E-state index is 10.8. The van der Waals surface area contributed by atoms with Crippen molar-refractivity contribution in [1.29, 1.82) is 0 Å². The van der Waals surface area contributed by atoms with Crippen molar-refractivity contribution in [2.24, 2.45) is 0 Å². The number of carboxylic acids is 1. The van der Waals surface area contributed by atoms with Crippen LogP contribution in [0.1, 0.15) is 15.4 Å². The Labute approximate surface area is 94.2 Å². The molecule has 0 fully saturated rings. The van der Waals surface area contributed by atoms with Crippen LogP contribution >= 0.6 is 22.7 Å². The summed E-state index contributed by atoms with van der Waals surface area (Å²) in [5.74, 6) is -0.995. The molecule has 0 aliphatic carbocycles. The summed E-state index contributed by atoms with van der Waals surface area (Å²) in [7, 11) is 0. The average molecular weight is 240 g/mol. The van der Waals surface area contributed by atoms with Gasteiger partial charge < -0.3 is 10.4 Å². The Morgan fingerprint density at radius 2 is 2.40 bits per heavy atom. The van der Waals surface area contributed by atoms with Crippen molar-refractivity contribution in [2.75, 3.05) is 5.32 Å². The van der Waals surface area contributed by atoms with E-state index in [1.54, 1.807) is 11.3 Å². The molecule has 2 rings (SSSR count). The summed E-state index contributed by atoms with van der Waals surface area (Å²) < 4.78 is 0. The van der Waals surface area contributed by atoms with Gasteiger partial charge in [-0.15, -0.1) is 22.7 Å². The zero-order valence-electron chi connectivity index (χ0n) is 7.64. The van der Waals surface area contributed by atoms with E-state index in [9.17, 15) is 4.79 Å². The molecule has 2 aromatic heterocycles. The van der Waals surface area contributed by atoms with Gasteiger partial charge in [-0.25, -0.2) is 9.78 Å². The Bertz CT molecular complexity index is 450. The highest BCUT2D eigenvalue weighted by atomic mass is 32.1. The van der Waals surface area contributed by atoms with E-state index in [1.807, 2.05) is 17.5 Å². The van der Waals surface area contributed by atoms with Crippen molar-refractivity contribution in [3.8, 4) is 0 Å². The molecule has 0 saturated carbocycles. The third-order valence-corrected chi connectivity index (χ3v) is 3.43. The third kappa shape index (κ3) is 2.34. The molecule has 4 nitrogen and oxygen atoms in total. The minimum absolute atomic E-state index is 0.0940. The van der Waals surface area contributed by atoms with E-state index < -0.39 is 5.97 Å². The Morgan fingerprint density at radius 1 is 1.53 bits per heavy atom. The summed E-state index contributed by atoms with van der Waals surface area (Å²) in [5, 5.41) is 14.5. The Hall–Kier alpha value is -1.40. The molecule has 2 N–H and O–H groups in total. The van der Waals surface area contributed by atoms with E-state index in [0.29, 0.717) is 11.5 Å². The van der Waals surface area contributed by atoms with Crippen LogP contribution in [0.4, 0.5) is 5.00 Å². The molecular weight excluding hydrogens is 232 g/mol. The van der Waals surface area contributed by atoms with Crippen LogP contribution in [-0.2, 0) is 6.54 Å². The molecule has 0 atom stereocenters. The quantitative estimate of drug-likeness (QED) is 0.862. The van der Waals surface area contributed by atoms with Crippen LogP contribution in [0, 0.1) is 0 Å². The summed E-state index contributed by atoms with van der Waals surface area (Å²) in [5.41, 5.74) is 1.62. The van der Waals surface area contributed by atoms with E-state index in [4.69, 9.17) is 5.11 Å². The molecule has 0 saturated heterocycles. The summed E-state index contributed by atoms with van der Waals surface area (Å²) in [6.07, 6.45) is 0. The SMILES string of the molecule is O=C(O)c1ncsc1NCc1cccs1. The van der Waals surface area contributed by atoms with Crippen molar-refractivity contribution >= 4 is 33.6 Å². The van der Waals surface area contributed by atoms with E-state index in [0.717, 1.165) is 0 Å². The first kappa shape index (κ1) is 10.1. The van der Waals surface area contributed by atoms with Gasteiger partial charge in [-0.05, 0) is 11.4 Å². The Balaban J connectivity index is 2.05. The van der Waals surface area contributed by atoms with Crippen molar-refractivity contribution in [1.82, 2.24) is 4.98 Å². The van der Waals surface area contributed by atoms with Crippen molar-refractivity contribution < 1.29 is 9.90 Å². The second-order valence-electron chi connectivity index (χ2n) is 2.77. The smallest absolute Gasteiger partial charge is 0.357 e. The fourth-order valence-electron chi connectivity index (χ4n) is 1.10. The number of nitrogens with one attached hydrogen (secondary N) is 1. The minimum atomic E-state index is -0.995. The van der Waals surface area contributed by atoms with Gasteiger partial charge in [-0.3, -0.25) is 0 Å². The standard InChI is InChI=1S/C9H8N2O2S2/c12-9(13)7-8(15-5-11-7)10-4-6-2-1-3-14-6/h1-3,5,10H,4H2,(H,12,13). The lowest BCUT2D eigenvalue weighted by Crippen LogP contribution is -2.03. The molecular formula is C9H8N2O2S2. The van der Waals surface area contributed by atoms with Crippen LogP contribution in [-0.4, -0.2) is 16.1 Å². The van der Waals surface area contributed by atoms with E-state index in [2.05, 4.69) is 10.3 Å². The lowest BCUT2D eigenvalue weighted by atomic mass is 10.4. The molecule has 0 aliphatic heterocycles. The molecule has 0 radical (unpaired) electrons. The number of carboxylic acid groups (broad SMARTS) is 1. The van der Waals surface area contributed by atoms with Gasteiger partial charge in [0.15, 0.2) is 5.69 Å². The number of thiophene rings is 1. The fourth-order valence-corrected chi connectivity index (χ4v) is 2.42. The van der Waals surface area contributed by atoms with E-state index in [1.165, 1.54) is 21.7 Å². The first-order valence-corrected chi connectivity index (χ1v) is 5.96. The van der Waals surface area contributed by atoms with Crippen LogP contribution in [0.25, 0.3) is 0 Å². The van der Waals surface area contributed by atoms with Crippen LogP contribution in [0.5, 0.6) is 0 Å². The highest BCUT2D eigenvalue weighted by Gasteiger charge is 2.12. The molecule has 15 heavy (non-hydrogen) atoms. The largest absolute Gasteiger partial charge is 0.476 e. The number of hydrogen-bond donors (Lipinski definition) is 2. The molecule has 0 aliphatic rings. The van der Waals surface area contributed by atoms with Crippen molar-refractivity contribution in [3.63, 3.8) is 0 Å². The van der Waals surface area contributed by atoms with Gasteiger partial charge in [0.05, 0.1) is 12.1 Å². The molecule has 0 bridgehead atoms. The second-order valence-corrected chi connectivity index (χ2v) is 4.66. The first-order chi connectivity index (χ1) is 7.27. The molecule has 0 spiro atoms. The van der Waals surface area contributed by atoms with Crippen molar-refractivity contribution in [3.05, 3.63) is 33.6 Å².